The Morgan fingerprint density at radius 2 is 2.00 bits per heavy atom. The fourth-order valence-corrected chi connectivity index (χ4v) is 3.17. The number of likely N-dealkylation sites (tertiary alicyclic amines) is 1. The number of benzene rings is 1. The van der Waals surface area contributed by atoms with Gasteiger partial charge in [-0.2, -0.15) is 12.6 Å². The molecule has 3 atom stereocenters. The van der Waals surface area contributed by atoms with Crippen molar-refractivity contribution in [1.82, 2.24) is 10.2 Å². The Morgan fingerprint density at radius 1 is 1.32 bits per heavy atom. The highest BCUT2D eigenvalue weighted by molar-refractivity contribution is 7.80. The molecule has 1 aromatic carbocycles. The zero-order valence-corrected chi connectivity index (χ0v) is 14.7. The number of nitrogens with zero attached hydrogens (tertiary/aromatic N) is 1. The average Bonchev–Trinajstić information content (AvgIpc) is 3.09. The van der Waals surface area contributed by atoms with Gasteiger partial charge in [0, 0.05) is 12.3 Å². The summed E-state index contributed by atoms with van der Waals surface area (Å²) in [7, 11) is 0. The topological polar surface area (TPSA) is 113 Å². The third-order valence-electron chi connectivity index (χ3n) is 4.25. The van der Waals surface area contributed by atoms with Crippen molar-refractivity contribution < 1.29 is 19.5 Å². The van der Waals surface area contributed by atoms with E-state index in [1.165, 1.54) is 4.90 Å². The van der Waals surface area contributed by atoms with Crippen LogP contribution in [0.15, 0.2) is 30.3 Å². The van der Waals surface area contributed by atoms with E-state index >= 15 is 0 Å². The molecule has 0 bridgehead atoms. The molecule has 1 saturated heterocycles. The van der Waals surface area contributed by atoms with Gasteiger partial charge in [-0.1, -0.05) is 30.3 Å². The highest BCUT2D eigenvalue weighted by Crippen LogP contribution is 2.19. The number of amides is 2. The number of carboxylic acids is 1. The fourth-order valence-electron chi connectivity index (χ4n) is 2.92. The highest BCUT2D eigenvalue weighted by atomic mass is 32.1. The van der Waals surface area contributed by atoms with Crippen LogP contribution in [-0.4, -0.2) is 58.2 Å². The lowest BCUT2D eigenvalue weighted by atomic mass is 10.1. The minimum absolute atomic E-state index is 0.0186. The second-order valence-corrected chi connectivity index (χ2v) is 6.43. The molecule has 136 valence electrons. The van der Waals surface area contributed by atoms with Crippen LogP contribution in [0.1, 0.15) is 18.4 Å². The lowest BCUT2D eigenvalue weighted by molar-refractivity contribution is -0.143. The van der Waals surface area contributed by atoms with E-state index in [0.717, 1.165) is 5.56 Å². The van der Waals surface area contributed by atoms with E-state index in [2.05, 4.69) is 17.9 Å². The average molecular weight is 365 g/mol. The Labute approximate surface area is 152 Å². The normalized spacial score (nSPS) is 19.3. The predicted octanol–water partition coefficient (Wildman–Crippen LogP) is 0.0466. The number of carbonyl (C=O) groups excluding carboxylic acids is 2. The summed E-state index contributed by atoms with van der Waals surface area (Å²) in [5.41, 5.74) is 6.99. The zero-order valence-electron chi connectivity index (χ0n) is 13.8. The minimum Gasteiger partial charge on any atom is -0.480 e. The Kier molecular flexibility index (Phi) is 6.83. The summed E-state index contributed by atoms with van der Waals surface area (Å²) in [4.78, 5) is 37.5. The van der Waals surface area contributed by atoms with Crippen molar-refractivity contribution in [2.75, 3.05) is 12.3 Å². The number of nitrogens with two attached hydrogens (primary N) is 1. The quantitative estimate of drug-likeness (QED) is 0.510. The molecule has 1 aliphatic rings. The van der Waals surface area contributed by atoms with Crippen molar-refractivity contribution in [2.24, 2.45) is 5.73 Å². The van der Waals surface area contributed by atoms with Crippen molar-refractivity contribution in [2.45, 2.75) is 37.4 Å². The molecule has 1 fully saturated rings. The Bertz CT molecular complexity index is 626. The van der Waals surface area contributed by atoms with Gasteiger partial charge in [-0.05, 0) is 24.8 Å². The van der Waals surface area contributed by atoms with Crippen LogP contribution in [0.25, 0.3) is 0 Å². The first kappa shape index (κ1) is 19.3. The molecule has 0 saturated carbocycles. The van der Waals surface area contributed by atoms with Crippen LogP contribution < -0.4 is 11.1 Å². The lowest BCUT2D eigenvalue weighted by Crippen LogP contribution is -2.54. The number of hydrogen-bond donors (Lipinski definition) is 4. The first-order valence-electron chi connectivity index (χ1n) is 8.18. The number of carbonyl (C=O) groups is 3. The van der Waals surface area contributed by atoms with Crippen LogP contribution in [0, 0.1) is 0 Å². The number of aliphatic carboxylic acids is 1. The third kappa shape index (κ3) is 4.96. The van der Waals surface area contributed by atoms with E-state index in [1.807, 2.05) is 30.3 Å². The van der Waals surface area contributed by atoms with Crippen LogP contribution in [0.2, 0.25) is 0 Å². The summed E-state index contributed by atoms with van der Waals surface area (Å²) in [6.45, 7) is 0.442. The van der Waals surface area contributed by atoms with Crippen LogP contribution in [0.4, 0.5) is 0 Å². The largest absolute Gasteiger partial charge is 0.480 e. The van der Waals surface area contributed by atoms with Gasteiger partial charge in [0.2, 0.25) is 11.8 Å². The second-order valence-electron chi connectivity index (χ2n) is 6.07. The Hall–Kier alpha value is -2.06. The fraction of sp³-hybridized carbons (Fsp3) is 0.471. The van der Waals surface area contributed by atoms with Gasteiger partial charge in [-0.3, -0.25) is 9.59 Å². The molecule has 8 heteroatoms. The van der Waals surface area contributed by atoms with Gasteiger partial charge in [0.25, 0.3) is 0 Å². The maximum Gasteiger partial charge on any atom is 0.327 e. The third-order valence-corrected chi connectivity index (χ3v) is 4.62. The van der Waals surface area contributed by atoms with Crippen molar-refractivity contribution in [3.8, 4) is 0 Å². The zero-order chi connectivity index (χ0) is 18.4. The van der Waals surface area contributed by atoms with Gasteiger partial charge in [0.05, 0.1) is 6.04 Å². The molecule has 2 rings (SSSR count). The smallest absolute Gasteiger partial charge is 0.327 e. The molecule has 1 heterocycles. The van der Waals surface area contributed by atoms with Gasteiger partial charge in [0.1, 0.15) is 12.1 Å². The molecule has 0 spiro atoms. The van der Waals surface area contributed by atoms with Crippen LogP contribution >= 0.6 is 12.6 Å². The van der Waals surface area contributed by atoms with Crippen molar-refractivity contribution in [1.29, 1.82) is 0 Å². The molecular weight excluding hydrogens is 342 g/mol. The molecular formula is C17H23N3O4S. The van der Waals surface area contributed by atoms with E-state index in [9.17, 15) is 14.4 Å². The Balaban J connectivity index is 2.00. The standard InChI is InChI=1S/C17H23N3O4S/c18-12(9-11-5-2-1-3-6-11)16(22)20-8-4-7-14(20)15(21)19-13(10-25)17(23)24/h1-3,5-6,12-14,25H,4,7-10,18H2,(H,19,21)(H,23,24)/t12-,13-,14-/m0/s1. The van der Waals surface area contributed by atoms with Crippen molar-refractivity contribution in [3.63, 3.8) is 0 Å². The number of hydrogen-bond acceptors (Lipinski definition) is 5. The summed E-state index contributed by atoms with van der Waals surface area (Å²) >= 11 is 3.93. The van der Waals surface area contributed by atoms with E-state index in [0.29, 0.717) is 25.8 Å². The van der Waals surface area contributed by atoms with E-state index < -0.39 is 30.0 Å². The highest BCUT2D eigenvalue weighted by Gasteiger charge is 2.37. The minimum atomic E-state index is -1.15. The molecule has 0 unspecified atom stereocenters. The number of thiol groups is 1. The maximum absolute atomic E-state index is 12.6. The van der Waals surface area contributed by atoms with E-state index in [4.69, 9.17) is 10.8 Å². The first-order chi connectivity index (χ1) is 11.9. The lowest BCUT2D eigenvalue weighted by Gasteiger charge is -2.27. The SMILES string of the molecule is N[C@@H](Cc1ccccc1)C(=O)N1CCC[C@H]1C(=O)N[C@@H](CS)C(=O)O. The number of nitrogens with one attached hydrogen (secondary N) is 1. The summed E-state index contributed by atoms with van der Waals surface area (Å²) in [5.74, 6) is -1.94. The van der Waals surface area contributed by atoms with Gasteiger partial charge < -0.3 is 21.1 Å². The summed E-state index contributed by atoms with van der Waals surface area (Å²) in [6, 6.07) is 6.93. The van der Waals surface area contributed by atoms with Crippen molar-refractivity contribution >= 4 is 30.4 Å². The first-order valence-corrected chi connectivity index (χ1v) is 8.81. The van der Waals surface area contributed by atoms with E-state index in [-0.39, 0.29) is 11.7 Å². The molecule has 7 nitrogen and oxygen atoms in total. The predicted molar refractivity (Wildman–Crippen MR) is 96.3 cm³/mol. The second kappa shape index (κ2) is 8.87. The van der Waals surface area contributed by atoms with Gasteiger partial charge in [-0.15, -0.1) is 0 Å². The maximum atomic E-state index is 12.6. The molecule has 0 aromatic heterocycles. The molecule has 1 aromatic rings. The molecule has 2 amide bonds. The molecule has 25 heavy (non-hydrogen) atoms. The van der Waals surface area contributed by atoms with Crippen LogP contribution in [0.3, 0.4) is 0 Å². The van der Waals surface area contributed by atoms with Gasteiger partial charge in [-0.25, -0.2) is 4.79 Å². The monoisotopic (exact) mass is 365 g/mol. The van der Waals surface area contributed by atoms with Gasteiger partial charge in [0.15, 0.2) is 0 Å². The van der Waals surface area contributed by atoms with Crippen LogP contribution in [0.5, 0.6) is 0 Å². The molecule has 0 radical (unpaired) electrons. The van der Waals surface area contributed by atoms with Crippen LogP contribution in [-0.2, 0) is 20.8 Å². The van der Waals surface area contributed by atoms with Crippen molar-refractivity contribution in [3.05, 3.63) is 35.9 Å². The number of carboxylic acid groups (broad SMARTS) is 1. The molecule has 4 N–H and O–H groups in total. The molecule has 0 aliphatic carbocycles. The Morgan fingerprint density at radius 3 is 2.60 bits per heavy atom. The number of rotatable bonds is 7. The van der Waals surface area contributed by atoms with E-state index in [1.54, 1.807) is 0 Å². The summed E-state index contributed by atoms with van der Waals surface area (Å²) < 4.78 is 0. The van der Waals surface area contributed by atoms with Gasteiger partial charge >= 0.3 is 5.97 Å². The summed E-state index contributed by atoms with van der Waals surface area (Å²) in [5, 5.41) is 11.5. The molecule has 1 aliphatic heterocycles. The summed E-state index contributed by atoms with van der Waals surface area (Å²) in [6.07, 6.45) is 1.56.